The lowest BCUT2D eigenvalue weighted by Gasteiger charge is -2.09. The van der Waals surface area contributed by atoms with Crippen LogP contribution in [-0.4, -0.2) is 11.2 Å². The van der Waals surface area contributed by atoms with Crippen LogP contribution in [-0.2, 0) is 6.54 Å². The molecule has 0 fully saturated rings. The van der Waals surface area contributed by atoms with Crippen LogP contribution < -0.4 is 16.0 Å². The molecule has 2 aromatic rings. The van der Waals surface area contributed by atoms with Gasteiger partial charge in [0.25, 0.3) is 5.56 Å². The molecule has 0 saturated heterocycles. The fourth-order valence-electron chi connectivity index (χ4n) is 1.54. The zero-order chi connectivity index (χ0) is 13.0. The van der Waals surface area contributed by atoms with E-state index in [0.29, 0.717) is 18.8 Å². The monoisotopic (exact) mass is 308 g/mol. The van der Waals surface area contributed by atoms with Gasteiger partial charge in [-0.05, 0) is 34.1 Å². The first kappa shape index (κ1) is 12.7. The lowest BCUT2D eigenvalue weighted by atomic mass is 10.3. The first-order valence-electron chi connectivity index (χ1n) is 5.50. The molecule has 18 heavy (non-hydrogen) atoms. The van der Waals surface area contributed by atoms with Gasteiger partial charge in [-0.2, -0.15) is 0 Å². The summed E-state index contributed by atoms with van der Waals surface area (Å²) in [4.78, 5) is 11.5. The number of nitrogens with two attached hydrogens (primary N) is 1. The lowest BCUT2D eigenvalue weighted by molar-refractivity contribution is 0.295. The molecule has 0 aliphatic rings. The summed E-state index contributed by atoms with van der Waals surface area (Å²) in [6, 6.07) is 10.6. The minimum absolute atomic E-state index is 0.0834. The summed E-state index contributed by atoms with van der Waals surface area (Å²) in [7, 11) is 0. The quantitative estimate of drug-likeness (QED) is 0.942. The number of nitrogens with zero attached hydrogens (tertiary/aromatic N) is 1. The van der Waals surface area contributed by atoms with Crippen molar-refractivity contribution in [2.75, 3.05) is 12.3 Å². The van der Waals surface area contributed by atoms with Crippen molar-refractivity contribution in [3.63, 3.8) is 0 Å². The highest BCUT2D eigenvalue weighted by molar-refractivity contribution is 9.10. The normalized spacial score (nSPS) is 10.3. The molecule has 94 valence electrons. The SMILES string of the molecule is Nc1ccc(=O)n(CCOc2ccccc2Br)c1. The van der Waals surface area contributed by atoms with Crippen molar-refractivity contribution >= 4 is 21.6 Å². The van der Waals surface area contributed by atoms with Crippen molar-refractivity contribution in [2.45, 2.75) is 6.54 Å². The summed E-state index contributed by atoms with van der Waals surface area (Å²) in [5.41, 5.74) is 6.11. The van der Waals surface area contributed by atoms with E-state index < -0.39 is 0 Å². The second kappa shape index (κ2) is 5.73. The van der Waals surface area contributed by atoms with E-state index in [-0.39, 0.29) is 5.56 Å². The molecule has 2 rings (SSSR count). The van der Waals surface area contributed by atoms with Gasteiger partial charge in [0.1, 0.15) is 12.4 Å². The van der Waals surface area contributed by atoms with Crippen LogP contribution in [0.4, 0.5) is 5.69 Å². The molecule has 1 aromatic heterocycles. The number of halogens is 1. The second-order valence-electron chi connectivity index (χ2n) is 3.77. The number of nitrogen functional groups attached to an aromatic ring is 1. The maximum atomic E-state index is 11.5. The van der Waals surface area contributed by atoms with E-state index >= 15 is 0 Å². The average Bonchev–Trinajstić information content (AvgIpc) is 2.36. The van der Waals surface area contributed by atoms with Gasteiger partial charge in [0.05, 0.1) is 11.0 Å². The predicted octanol–water partition coefficient (Wildman–Crippen LogP) is 2.27. The Balaban J connectivity index is 1.99. The van der Waals surface area contributed by atoms with Crippen molar-refractivity contribution in [3.8, 4) is 5.75 Å². The number of hydrogen-bond acceptors (Lipinski definition) is 3. The van der Waals surface area contributed by atoms with Crippen LogP contribution >= 0.6 is 15.9 Å². The Morgan fingerprint density at radius 3 is 2.78 bits per heavy atom. The third-order valence-electron chi connectivity index (χ3n) is 2.43. The zero-order valence-electron chi connectivity index (χ0n) is 9.67. The fraction of sp³-hybridized carbons (Fsp3) is 0.154. The first-order valence-corrected chi connectivity index (χ1v) is 6.29. The number of anilines is 1. The summed E-state index contributed by atoms with van der Waals surface area (Å²) >= 11 is 3.40. The van der Waals surface area contributed by atoms with Gasteiger partial charge in [0, 0.05) is 18.0 Å². The van der Waals surface area contributed by atoms with Crippen LogP contribution in [0.15, 0.2) is 51.9 Å². The number of rotatable bonds is 4. The van der Waals surface area contributed by atoms with E-state index in [1.54, 1.807) is 12.3 Å². The molecule has 0 saturated carbocycles. The van der Waals surface area contributed by atoms with Gasteiger partial charge in [-0.25, -0.2) is 0 Å². The van der Waals surface area contributed by atoms with Gasteiger partial charge in [-0.3, -0.25) is 4.79 Å². The highest BCUT2D eigenvalue weighted by atomic mass is 79.9. The van der Waals surface area contributed by atoms with Crippen molar-refractivity contribution in [1.29, 1.82) is 0 Å². The van der Waals surface area contributed by atoms with E-state index in [9.17, 15) is 4.79 Å². The van der Waals surface area contributed by atoms with Crippen LogP contribution in [0.25, 0.3) is 0 Å². The van der Waals surface area contributed by atoms with E-state index in [0.717, 1.165) is 10.2 Å². The smallest absolute Gasteiger partial charge is 0.250 e. The van der Waals surface area contributed by atoms with Gasteiger partial charge < -0.3 is 15.0 Å². The Bertz CT molecular complexity index is 596. The third kappa shape index (κ3) is 3.13. The molecule has 0 radical (unpaired) electrons. The molecule has 0 atom stereocenters. The zero-order valence-corrected chi connectivity index (χ0v) is 11.3. The Kier molecular flexibility index (Phi) is 4.04. The maximum Gasteiger partial charge on any atom is 0.250 e. The molecular formula is C13H13BrN2O2. The van der Waals surface area contributed by atoms with E-state index in [1.807, 2.05) is 24.3 Å². The molecule has 0 bridgehead atoms. The molecule has 4 nitrogen and oxygen atoms in total. The summed E-state index contributed by atoms with van der Waals surface area (Å²) in [5.74, 6) is 0.759. The third-order valence-corrected chi connectivity index (χ3v) is 3.09. The summed E-state index contributed by atoms with van der Waals surface area (Å²) < 4.78 is 8.02. The Morgan fingerprint density at radius 1 is 1.22 bits per heavy atom. The van der Waals surface area contributed by atoms with E-state index in [2.05, 4.69) is 15.9 Å². The molecule has 1 heterocycles. The molecule has 2 N–H and O–H groups in total. The Morgan fingerprint density at radius 2 is 2.00 bits per heavy atom. The average molecular weight is 309 g/mol. The topological polar surface area (TPSA) is 57.2 Å². The highest BCUT2D eigenvalue weighted by Crippen LogP contribution is 2.23. The van der Waals surface area contributed by atoms with Crippen LogP contribution in [0.3, 0.4) is 0 Å². The van der Waals surface area contributed by atoms with Crippen molar-refractivity contribution < 1.29 is 4.74 Å². The molecule has 0 aliphatic carbocycles. The Hall–Kier alpha value is -1.75. The largest absolute Gasteiger partial charge is 0.491 e. The van der Waals surface area contributed by atoms with Crippen LogP contribution in [0.2, 0.25) is 0 Å². The van der Waals surface area contributed by atoms with Crippen molar-refractivity contribution in [1.82, 2.24) is 4.57 Å². The molecule has 0 amide bonds. The number of pyridine rings is 1. The number of benzene rings is 1. The lowest BCUT2D eigenvalue weighted by Crippen LogP contribution is -2.22. The fourth-order valence-corrected chi connectivity index (χ4v) is 1.94. The molecular weight excluding hydrogens is 296 g/mol. The molecule has 1 aromatic carbocycles. The minimum Gasteiger partial charge on any atom is -0.491 e. The van der Waals surface area contributed by atoms with Gasteiger partial charge in [0.15, 0.2) is 0 Å². The van der Waals surface area contributed by atoms with Crippen LogP contribution in [0.5, 0.6) is 5.75 Å². The first-order chi connectivity index (χ1) is 8.66. The van der Waals surface area contributed by atoms with Gasteiger partial charge in [-0.1, -0.05) is 12.1 Å². The number of aromatic nitrogens is 1. The van der Waals surface area contributed by atoms with E-state index in [1.165, 1.54) is 10.6 Å². The summed E-state index contributed by atoms with van der Waals surface area (Å²) in [6.45, 7) is 0.872. The molecule has 0 aliphatic heterocycles. The molecule has 0 spiro atoms. The summed E-state index contributed by atoms with van der Waals surface area (Å²) in [5, 5.41) is 0. The van der Waals surface area contributed by atoms with Crippen LogP contribution in [0, 0.1) is 0 Å². The van der Waals surface area contributed by atoms with Gasteiger partial charge >= 0.3 is 0 Å². The van der Waals surface area contributed by atoms with E-state index in [4.69, 9.17) is 10.5 Å². The highest BCUT2D eigenvalue weighted by Gasteiger charge is 2.00. The predicted molar refractivity (Wildman–Crippen MR) is 74.8 cm³/mol. The van der Waals surface area contributed by atoms with Crippen LogP contribution in [0.1, 0.15) is 0 Å². The van der Waals surface area contributed by atoms with Crippen molar-refractivity contribution in [3.05, 3.63) is 57.4 Å². The standard InChI is InChI=1S/C13H13BrN2O2/c14-11-3-1-2-4-12(11)18-8-7-16-9-10(15)5-6-13(16)17/h1-6,9H,7-8,15H2. The molecule has 0 unspecified atom stereocenters. The van der Waals surface area contributed by atoms with Gasteiger partial charge in [-0.15, -0.1) is 0 Å². The minimum atomic E-state index is -0.0834. The van der Waals surface area contributed by atoms with Gasteiger partial charge in [0.2, 0.25) is 0 Å². The number of para-hydroxylation sites is 1. The summed E-state index contributed by atoms with van der Waals surface area (Å²) in [6.07, 6.45) is 1.62. The second-order valence-corrected chi connectivity index (χ2v) is 4.63. The molecule has 5 heteroatoms. The number of ether oxygens (including phenoxy) is 1. The Labute approximate surface area is 113 Å². The maximum absolute atomic E-state index is 11.5. The van der Waals surface area contributed by atoms with Crippen molar-refractivity contribution in [2.24, 2.45) is 0 Å². The number of hydrogen-bond donors (Lipinski definition) is 1.